The van der Waals surface area contributed by atoms with E-state index in [1.54, 1.807) is 18.2 Å². The van der Waals surface area contributed by atoms with Crippen LogP contribution in [0.1, 0.15) is 23.1 Å². The predicted molar refractivity (Wildman–Crippen MR) is 74.7 cm³/mol. The van der Waals surface area contributed by atoms with Crippen LogP contribution in [0, 0.1) is 11.3 Å². The van der Waals surface area contributed by atoms with Crippen molar-refractivity contribution in [3.8, 4) is 17.6 Å². The molecule has 3 rings (SSSR count). The van der Waals surface area contributed by atoms with Gasteiger partial charge in [0.1, 0.15) is 17.6 Å². The molecule has 2 nitrogen and oxygen atoms in total. The van der Waals surface area contributed by atoms with Gasteiger partial charge in [0.2, 0.25) is 0 Å². The molecule has 0 amide bonds. The van der Waals surface area contributed by atoms with Gasteiger partial charge in [0.25, 0.3) is 0 Å². The molecule has 0 spiro atoms. The molecule has 0 bridgehead atoms. The lowest BCUT2D eigenvalue weighted by atomic mass is 10.1. The number of halogens is 1. The average molecular weight is 270 g/mol. The molecule has 0 fully saturated rings. The standard InChI is InChI=1S/C16H12ClNO/c17-16-9-15(7-5-13(16)10-18)19-14-6-4-11-2-1-3-12(11)8-14/h4-9H,1-3H2. The van der Waals surface area contributed by atoms with E-state index in [9.17, 15) is 0 Å². The molecule has 2 aromatic carbocycles. The molecule has 0 saturated heterocycles. The molecule has 0 aromatic heterocycles. The SMILES string of the molecule is N#Cc1ccc(Oc2ccc3c(c2)CCC3)cc1Cl. The average Bonchev–Trinajstić information content (AvgIpc) is 2.86. The highest BCUT2D eigenvalue weighted by molar-refractivity contribution is 6.31. The summed E-state index contributed by atoms with van der Waals surface area (Å²) in [6, 6.07) is 13.3. The van der Waals surface area contributed by atoms with Gasteiger partial charge in [-0.15, -0.1) is 0 Å². The Morgan fingerprint density at radius 3 is 2.53 bits per heavy atom. The van der Waals surface area contributed by atoms with Gasteiger partial charge in [-0.1, -0.05) is 17.7 Å². The van der Waals surface area contributed by atoms with Gasteiger partial charge in [-0.05, 0) is 54.7 Å². The fourth-order valence-electron chi connectivity index (χ4n) is 2.40. The first kappa shape index (κ1) is 12.1. The molecule has 0 N–H and O–H groups in total. The molecule has 0 unspecified atom stereocenters. The summed E-state index contributed by atoms with van der Waals surface area (Å²) in [5, 5.41) is 9.25. The van der Waals surface area contributed by atoms with E-state index in [1.165, 1.54) is 17.5 Å². The Labute approximate surface area is 117 Å². The summed E-state index contributed by atoms with van der Waals surface area (Å²) in [7, 11) is 0. The Morgan fingerprint density at radius 1 is 1.00 bits per heavy atom. The minimum absolute atomic E-state index is 0.418. The van der Waals surface area contributed by atoms with Gasteiger partial charge < -0.3 is 4.74 Å². The van der Waals surface area contributed by atoms with Gasteiger partial charge in [-0.25, -0.2) is 0 Å². The second kappa shape index (κ2) is 4.95. The van der Waals surface area contributed by atoms with E-state index in [1.807, 2.05) is 12.1 Å². The van der Waals surface area contributed by atoms with Crippen LogP contribution < -0.4 is 4.74 Å². The number of hydrogen-bond acceptors (Lipinski definition) is 2. The van der Waals surface area contributed by atoms with Crippen molar-refractivity contribution in [1.82, 2.24) is 0 Å². The quantitative estimate of drug-likeness (QED) is 0.804. The van der Waals surface area contributed by atoms with Crippen LogP contribution in [0.5, 0.6) is 11.5 Å². The maximum atomic E-state index is 8.83. The van der Waals surface area contributed by atoms with Crippen LogP contribution in [-0.4, -0.2) is 0 Å². The first-order valence-corrected chi connectivity index (χ1v) is 6.63. The van der Waals surface area contributed by atoms with Gasteiger partial charge in [0, 0.05) is 6.07 Å². The van der Waals surface area contributed by atoms with E-state index < -0.39 is 0 Å². The third kappa shape index (κ3) is 2.43. The zero-order valence-electron chi connectivity index (χ0n) is 10.3. The molecule has 0 saturated carbocycles. The summed E-state index contributed by atoms with van der Waals surface area (Å²) in [5.74, 6) is 1.48. The minimum atomic E-state index is 0.418. The summed E-state index contributed by atoms with van der Waals surface area (Å²) in [6.07, 6.45) is 3.51. The molecule has 19 heavy (non-hydrogen) atoms. The van der Waals surface area contributed by atoms with E-state index in [0.29, 0.717) is 16.3 Å². The smallest absolute Gasteiger partial charge is 0.129 e. The Kier molecular flexibility index (Phi) is 3.15. The number of aryl methyl sites for hydroxylation is 2. The zero-order chi connectivity index (χ0) is 13.2. The van der Waals surface area contributed by atoms with Crippen LogP contribution in [0.2, 0.25) is 5.02 Å². The zero-order valence-corrected chi connectivity index (χ0v) is 11.1. The number of nitrogens with zero attached hydrogens (tertiary/aromatic N) is 1. The number of nitriles is 1. The third-order valence-electron chi connectivity index (χ3n) is 3.37. The van der Waals surface area contributed by atoms with Crippen LogP contribution in [0.25, 0.3) is 0 Å². The first-order chi connectivity index (χ1) is 9.26. The number of ether oxygens (including phenoxy) is 1. The van der Waals surface area contributed by atoms with E-state index in [-0.39, 0.29) is 0 Å². The largest absolute Gasteiger partial charge is 0.457 e. The molecule has 3 heteroatoms. The number of hydrogen-bond donors (Lipinski definition) is 0. The topological polar surface area (TPSA) is 33.0 Å². The predicted octanol–water partition coefficient (Wildman–Crippen LogP) is 4.49. The van der Waals surface area contributed by atoms with Crippen molar-refractivity contribution in [2.24, 2.45) is 0 Å². The molecule has 2 aromatic rings. The van der Waals surface area contributed by atoms with Gasteiger partial charge in [-0.2, -0.15) is 5.26 Å². The lowest BCUT2D eigenvalue weighted by Crippen LogP contribution is -1.88. The molecular formula is C16H12ClNO. The number of fused-ring (bicyclic) bond motifs is 1. The highest BCUT2D eigenvalue weighted by Crippen LogP contribution is 2.30. The molecule has 0 atom stereocenters. The number of rotatable bonds is 2. The Balaban J connectivity index is 1.85. The van der Waals surface area contributed by atoms with Crippen molar-refractivity contribution in [1.29, 1.82) is 5.26 Å². The van der Waals surface area contributed by atoms with E-state index in [2.05, 4.69) is 12.1 Å². The molecule has 94 valence electrons. The lowest BCUT2D eigenvalue weighted by Gasteiger charge is -2.08. The highest BCUT2D eigenvalue weighted by atomic mass is 35.5. The second-order valence-electron chi connectivity index (χ2n) is 4.64. The fourth-order valence-corrected chi connectivity index (χ4v) is 2.61. The second-order valence-corrected chi connectivity index (χ2v) is 5.05. The van der Waals surface area contributed by atoms with Gasteiger partial charge in [0.15, 0.2) is 0 Å². The Morgan fingerprint density at radius 2 is 1.74 bits per heavy atom. The van der Waals surface area contributed by atoms with Crippen LogP contribution in [0.3, 0.4) is 0 Å². The van der Waals surface area contributed by atoms with E-state index in [4.69, 9.17) is 21.6 Å². The van der Waals surface area contributed by atoms with Crippen LogP contribution in [0.4, 0.5) is 0 Å². The first-order valence-electron chi connectivity index (χ1n) is 6.25. The van der Waals surface area contributed by atoms with Gasteiger partial charge in [0.05, 0.1) is 10.6 Å². The summed E-state index contributed by atoms with van der Waals surface area (Å²) in [4.78, 5) is 0. The molecule has 0 aliphatic heterocycles. The van der Waals surface area contributed by atoms with Crippen LogP contribution in [0.15, 0.2) is 36.4 Å². The maximum Gasteiger partial charge on any atom is 0.129 e. The fraction of sp³-hybridized carbons (Fsp3) is 0.188. The van der Waals surface area contributed by atoms with Crippen LogP contribution >= 0.6 is 11.6 Å². The normalized spacial score (nSPS) is 12.8. The van der Waals surface area contributed by atoms with Crippen molar-refractivity contribution >= 4 is 11.6 Å². The van der Waals surface area contributed by atoms with E-state index >= 15 is 0 Å². The van der Waals surface area contributed by atoms with Gasteiger partial charge in [-0.3, -0.25) is 0 Å². The monoisotopic (exact) mass is 269 g/mol. The summed E-state index contributed by atoms with van der Waals surface area (Å²) in [6.45, 7) is 0. The van der Waals surface area contributed by atoms with Crippen molar-refractivity contribution in [2.75, 3.05) is 0 Å². The van der Waals surface area contributed by atoms with Crippen molar-refractivity contribution in [3.05, 3.63) is 58.1 Å². The molecule has 1 aliphatic carbocycles. The lowest BCUT2D eigenvalue weighted by molar-refractivity contribution is 0.482. The summed E-state index contributed by atoms with van der Waals surface area (Å²) in [5.41, 5.74) is 3.26. The molecular weight excluding hydrogens is 258 g/mol. The molecule has 1 aliphatic rings. The van der Waals surface area contributed by atoms with E-state index in [0.717, 1.165) is 18.6 Å². The number of benzene rings is 2. The van der Waals surface area contributed by atoms with Gasteiger partial charge >= 0.3 is 0 Å². The maximum absolute atomic E-state index is 8.83. The minimum Gasteiger partial charge on any atom is -0.457 e. The highest BCUT2D eigenvalue weighted by Gasteiger charge is 2.11. The van der Waals surface area contributed by atoms with Crippen molar-refractivity contribution < 1.29 is 4.74 Å². The Bertz CT molecular complexity index is 664. The molecule has 0 heterocycles. The third-order valence-corrected chi connectivity index (χ3v) is 3.68. The van der Waals surface area contributed by atoms with Crippen molar-refractivity contribution in [2.45, 2.75) is 19.3 Å². The Hall–Kier alpha value is -1.98. The summed E-state index contributed by atoms with van der Waals surface area (Å²) >= 11 is 5.99. The molecule has 0 radical (unpaired) electrons. The van der Waals surface area contributed by atoms with Crippen LogP contribution in [-0.2, 0) is 12.8 Å². The summed E-state index contributed by atoms with van der Waals surface area (Å²) < 4.78 is 5.79. The van der Waals surface area contributed by atoms with Crippen molar-refractivity contribution in [3.63, 3.8) is 0 Å².